The maximum absolute atomic E-state index is 12.7. The standard InChI is InChI=1S/C19H20F3N5O/c1-10-6-12(8-13(7-10)27-18(28)17(24)19(20,21)22)14-3-2-11(9-23)15-16(14)26-5-4-25-15/h2-5,10,12-13,17H,6-8,24H2,1H3,(H,27,28)/t10?,12?,13?,17-/m1/s1. The van der Waals surface area contributed by atoms with E-state index < -0.39 is 24.2 Å². The van der Waals surface area contributed by atoms with Crippen molar-refractivity contribution in [1.29, 1.82) is 5.26 Å². The molecular weight excluding hydrogens is 371 g/mol. The summed E-state index contributed by atoms with van der Waals surface area (Å²) in [6.07, 6.45) is 0.127. The van der Waals surface area contributed by atoms with Crippen molar-refractivity contribution in [2.45, 2.75) is 50.4 Å². The fraction of sp³-hybridized carbons (Fsp3) is 0.474. The first-order valence-corrected chi connectivity index (χ1v) is 8.97. The van der Waals surface area contributed by atoms with Gasteiger partial charge in [-0.2, -0.15) is 18.4 Å². The number of benzene rings is 1. The van der Waals surface area contributed by atoms with E-state index in [-0.39, 0.29) is 11.8 Å². The van der Waals surface area contributed by atoms with Crippen LogP contribution in [-0.4, -0.2) is 34.1 Å². The summed E-state index contributed by atoms with van der Waals surface area (Å²) in [6.45, 7) is 1.99. The van der Waals surface area contributed by atoms with Crippen molar-refractivity contribution in [2.75, 3.05) is 0 Å². The Bertz CT molecular complexity index is 924. The number of carbonyl (C=O) groups is 1. The van der Waals surface area contributed by atoms with E-state index >= 15 is 0 Å². The summed E-state index contributed by atoms with van der Waals surface area (Å²) in [4.78, 5) is 20.5. The number of halogens is 3. The maximum atomic E-state index is 12.7. The first-order chi connectivity index (χ1) is 13.2. The number of hydrogen-bond donors (Lipinski definition) is 2. The third-order valence-electron chi connectivity index (χ3n) is 5.14. The van der Waals surface area contributed by atoms with E-state index in [0.717, 1.165) is 12.0 Å². The predicted octanol–water partition coefficient (Wildman–Crippen LogP) is 2.78. The Morgan fingerprint density at radius 1 is 1.25 bits per heavy atom. The Morgan fingerprint density at radius 2 is 1.93 bits per heavy atom. The molecule has 6 nitrogen and oxygen atoms in total. The second-order valence-corrected chi connectivity index (χ2v) is 7.30. The van der Waals surface area contributed by atoms with Gasteiger partial charge in [0, 0.05) is 18.4 Å². The second-order valence-electron chi connectivity index (χ2n) is 7.30. The lowest BCUT2D eigenvalue weighted by atomic mass is 9.75. The van der Waals surface area contributed by atoms with E-state index in [4.69, 9.17) is 5.73 Å². The van der Waals surface area contributed by atoms with E-state index in [0.29, 0.717) is 29.4 Å². The van der Waals surface area contributed by atoms with Gasteiger partial charge in [0.2, 0.25) is 5.91 Å². The smallest absolute Gasteiger partial charge is 0.352 e. The monoisotopic (exact) mass is 391 g/mol. The SMILES string of the molecule is CC1CC(NC(=O)[C@@H](N)C(F)(F)F)CC(c2ccc(C#N)c3nccnc23)C1. The van der Waals surface area contributed by atoms with Gasteiger partial charge >= 0.3 is 6.18 Å². The molecule has 0 saturated heterocycles. The molecule has 1 aliphatic rings. The molecule has 1 saturated carbocycles. The average molecular weight is 391 g/mol. The molecule has 1 amide bonds. The number of hydrogen-bond acceptors (Lipinski definition) is 5. The first-order valence-electron chi connectivity index (χ1n) is 8.97. The number of nitrogens with one attached hydrogen (secondary N) is 1. The topological polar surface area (TPSA) is 105 Å². The summed E-state index contributed by atoms with van der Waals surface area (Å²) in [5.74, 6) is -1.05. The third-order valence-corrected chi connectivity index (χ3v) is 5.14. The number of alkyl halides is 3. The number of carbonyl (C=O) groups excluding carboxylic acids is 1. The number of rotatable bonds is 3. The van der Waals surface area contributed by atoms with Crippen LogP contribution >= 0.6 is 0 Å². The van der Waals surface area contributed by atoms with Crippen molar-refractivity contribution < 1.29 is 18.0 Å². The normalized spacial score (nSPS) is 23.8. The van der Waals surface area contributed by atoms with Crippen molar-refractivity contribution >= 4 is 16.9 Å². The summed E-state index contributed by atoms with van der Waals surface area (Å²) in [6, 6.07) is 2.63. The van der Waals surface area contributed by atoms with Crippen LogP contribution in [0.15, 0.2) is 24.5 Å². The molecule has 1 aliphatic carbocycles. The van der Waals surface area contributed by atoms with Crippen LogP contribution < -0.4 is 11.1 Å². The molecule has 1 aromatic carbocycles. The van der Waals surface area contributed by atoms with Crippen LogP contribution in [0.25, 0.3) is 11.0 Å². The lowest BCUT2D eigenvalue weighted by Gasteiger charge is -2.35. The second kappa shape index (κ2) is 7.72. The molecule has 28 heavy (non-hydrogen) atoms. The van der Waals surface area contributed by atoms with Crippen LogP contribution in [-0.2, 0) is 4.79 Å². The Kier molecular flexibility index (Phi) is 5.52. The molecule has 2 aromatic rings. The van der Waals surface area contributed by atoms with Gasteiger partial charge in [-0.15, -0.1) is 0 Å². The largest absolute Gasteiger partial charge is 0.412 e. The number of aromatic nitrogens is 2. The molecule has 3 N–H and O–H groups in total. The third kappa shape index (κ3) is 4.07. The average Bonchev–Trinajstić information content (AvgIpc) is 2.65. The lowest BCUT2D eigenvalue weighted by Crippen LogP contribution is -2.53. The van der Waals surface area contributed by atoms with Gasteiger partial charge in [0.25, 0.3) is 0 Å². The Labute approximate surface area is 160 Å². The quantitative estimate of drug-likeness (QED) is 0.837. The van der Waals surface area contributed by atoms with Gasteiger partial charge in [0.1, 0.15) is 11.6 Å². The fourth-order valence-electron chi connectivity index (χ4n) is 3.91. The molecule has 9 heteroatoms. The molecule has 1 heterocycles. The molecule has 0 aliphatic heterocycles. The Morgan fingerprint density at radius 3 is 2.57 bits per heavy atom. The van der Waals surface area contributed by atoms with Gasteiger partial charge < -0.3 is 11.1 Å². The molecule has 0 radical (unpaired) electrons. The summed E-state index contributed by atoms with van der Waals surface area (Å²) in [7, 11) is 0. The summed E-state index contributed by atoms with van der Waals surface area (Å²) in [5, 5.41) is 11.7. The highest BCUT2D eigenvalue weighted by molar-refractivity contribution is 5.84. The molecule has 1 aromatic heterocycles. The number of nitrogens with zero attached hydrogens (tertiary/aromatic N) is 3. The van der Waals surface area contributed by atoms with Gasteiger partial charge in [-0.05, 0) is 42.7 Å². The van der Waals surface area contributed by atoms with Gasteiger partial charge in [0.05, 0.1) is 11.1 Å². The van der Waals surface area contributed by atoms with E-state index in [2.05, 4.69) is 21.4 Å². The van der Waals surface area contributed by atoms with E-state index in [1.807, 2.05) is 13.0 Å². The molecule has 4 atom stereocenters. The number of nitrogens with two attached hydrogens (primary N) is 1. The van der Waals surface area contributed by atoms with Crippen molar-refractivity contribution in [3.05, 3.63) is 35.7 Å². The maximum Gasteiger partial charge on any atom is 0.412 e. The highest BCUT2D eigenvalue weighted by Crippen LogP contribution is 2.39. The minimum absolute atomic E-state index is 0.0249. The Balaban J connectivity index is 1.85. The molecule has 148 valence electrons. The minimum Gasteiger partial charge on any atom is -0.352 e. The summed E-state index contributed by atoms with van der Waals surface area (Å²) >= 11 is 0. The molecule has 0 bridgehead atoms. The zero-order valence-electron chi connectivity index (χ0n) is 15.2. The van der Waals surface area contributed by atoms with Crippen LogP contribution in [0, 0.1) is 17.2 Å². The first kappa shape index (κ1) is 20.0. The van der Waals surface area contributed by atoms with Crippen molar-refractivity contribution in [3.63, 3.8) is 0 Å². The van der Waals surface area contributed by atoms with Crippen molar-refractivity contribution in [1.82, 2.24) is 15.3 Å². The van der Waals surface area contributed by atoms with Gasteiger partial charge in [0.15, 0.2) is 6.04 Å². The molecule has 3 rings (SSSR count). The zero-order valence-corrected chi connectivity index (χ0v) is 15.2. The highest BCUT2D eigenvalue weighted by atomic mass is 19.4. The predicted molar refractivity (Wildman–Crippen MR) is 96.0 cm³/mol. The van der Waals surface area contributed by atoms with Crippen LogP contribution in [0.5, 0.6) is 0 Å². The van der Waals surface area contributed by atoms with Gasteiger partial charge in [-0.25, -0.2) is 0 Å². The molecular formula is C19H20F3N5O. The van der Waals surface area contributed by atoms with Crippen LogP contribution in [0.4, 0.5) is 13.2 Å². The van der Waals surface area contributed by atoms with Crippen molar-refractivity contribution in [2.24, 2.45) is 11.7 Å². The molecule has 0 spiro atoms. The summed E-state index contributed by atoms with van der Waals surface area (Å²) in [5.41, 5.74) is 7.42. The highest BCUT2D eigenvalue weighted by Gasteiger charge is 2.43. The minimum atomic E-state index is -4.78. The molecule has 3 unspecified atom stereocenters. The lowest BCUT2D eigenvalue weighted by molar-refractivity contribution is -0.163. The van der Waals surface area contributed by atoms with Gasteiger partial charge in [-0.3, -0.25) is 14.8 Å². The van der Waals surface area contributed by atoms with Gasteiger partial charge in [-0.1, -0.05) is 13.0 Å². The summed E-state index contributed by atoms with van der Waals surface area (Å²) < 4.78 is 38.1. The fourth-order valence-corrected chi connectivity index (χ4v) is 3.91. The Hall–Kier alpha value is -2.73. The van der Waals surface area contributed by atoms with Crippen LogP contribution in [0.3, 0.4) is 0 Å². The number of amides is 1. The zero-order chi connectivity index (χ0) is 20.5. The van der Waals surface area contributed by atoms with Crippen LogP contribution in [0.2, 0.25) is 0 Å². The van der Waals surface area contributed by atoms with Crippen molar-refractivity contribution in [3.8, 4) is 6.07 Å². The van der Waals surface area contributed by atoms with E-state index in [9.17, 15) is 23.2 Å². The number of fused-ring (bicyclic) bond motifs is 1. The number of nitriles is 1. The van der Waals surface area contributed by atoms with E-state index in [1.54, 1.807) is 12.3 Å². The van der Waals surface area contributed by atoms with Crippen LogP contribution in [0.1, 0.15) is 43.2 Å². The van der Waals surface area contributed by atoms with E-state index in [1.165, 1.54) is 6.20 Å². The molecule has 1 fully saturated rings.